The predicted octanol–water partition coefficient (Wildman–Crippen LogP) is 3.18. The van der Waals surface area contributed by atoms with E-state index in [4.69, 9.17) is 9.47 Å². The van der Waals surface area contributed by atoms with E-state index in [1.54, 1.807) is 24.3 Å². The maximum Gasteiger partial charge on any atom is 0.325 e. The van der Waals surface area contributed by atoms with Crippen molar-refractivity contribution in [1.82, 2.24) is 10.2 Å². The molecular weight excluding hydrogens is 429 g/mol. The molecule has 33 heavy (non-hydrogen) atoms. The number of rotatable bonds is 7. The molecule has 2 unspecified atom stereocenters. The van der Waals surface area contributed by atoms with Crippen LogP contribution >= 0.6 is 0 Å². The molecular formula is C24H26FN3O5. The van der Waals surface area contributed by atoms with Gasteiger partial charge < -0.3 is 20.1 Å². The lowest BCUT2D eigenvalue weighted by molar-refractivity contribution is -0.133. The Morgan fingerprint density at radius 2 is 1.97 bits per heavy atom. The Kier molecular flexibility index (Phi) is 6.60. The summed E-state index contributed by atoms with van der Waals surface area (Å²) in [5.74, 6) is -1.11. The van der Waals surface area contributed by atoms with Gasteiger partial charge in [-0.15, -0.1) is 0 Å². The molecule has 2 saturated heterocycles. The molecule has 0 spiro atoms. The van der Waals surface area contributed by atoms with Crippen LogP contribution < -0.4 is 15.4 Å². The van der Waals surface area contributed by atoms with Gasteiger partial charge in [-0.25, -0.2) is 9.18 Å². The van der Waals surface area contributed by atoms with Gasteiger partial charge in [0.25, 0.3) is 5.91 Å². The molecule has 4 amide bonds. The average molecular weight is 455 g/mol. The number of para-hydroxylation sites is 2. The van der Waals surface area contributed by atoms with Gasteiger partial charge in [-0.1, -0.05) is 24.3 Å². The largest absolute Gasteiger partial charge is 0.489 e. The molecule has 8 nitrogen and oxygen atoms in total. The summed E-state index contributed by atoms with van der Waals surface area (Å²) in [6, 6.07) is 11.6. The summed E-state index contributed by atoms with van der Waals surface area (Å²) in [5.41, 5.74) is -0.521. The Bertz CT molecular complexity index is 1040. The molecule has 9 heteroatoms. The van der Waals surface area contributed by atoms with E-state index < -0.39 is 35.7 Å². The van der Waals surface area contributed by atoms with E-state index in [9.17, 15) is 18.8 Å². The molecule has 4 rings (SSSR count). The Morgan fingerprint density at radius 1 is 1.21 bits per heavy atom. The van der Waals surface area contributed by atoms with Crippen molar-refractivity contribution in [3.8, 4) is 5.75 Å². The second-order valence-corrected chi connectivity index (χ2v) is 8.30. The number of hydrogen-bond acceptors (Lipinski definition) is 5. The predicted molar refractivity (Wildman–Crippen MR) is 118 cm³/mol. The van der Waals surface area contributed by atoms with Gasteiger partial charge in [-0.2, -0.15) is 0 Å². The average Bonchev–Trinajstić information content (AvgIpc) is 3.03. The molecule has 2 aliphatic rings. The third-order valence-electron chi connectivity index (χ3n) is 5.86. The minimum Gasteiger partial charge on any atom is -0.489 e. The fourth-order valence-corrected chi connectivity index (χ4v) is 3.97. The number of amides is 4. The van der Waals surface area contributed by atoms with Crippen molar-refractivity contribution in [2.24, 2.45) is 0 Å². The van der Waals surface area contributed by atoms with E-state index in [0.717, 1.165) is 30.8 Å². The minimum absolute atomic E-state index is 0.0116. The van der Waals surface area contributed by atoms with Crippen LogP contribution in [0, 0.1) is 5.82 Å². The van der Waals surface area contributed by atoms with E-state index in [1.807, 2.05) is 0 Å². The van der Waals surface area contributed by atoms with Gasteiger partial charge in [-0.05, 0) is 56.0 Å². The first kappa shape index (κ1) is 22.7. The van der Waals surface area contributed by atoms with Gasteiger partial charge in [-0.3, -0.25) is 14.5 Å². The molecule has 2 aromatic carbocycles. The van der Waals surface area contributed by atoms with Gasteiger partial charge in [0.15, 0.2) is 0 Å². The summed E-state index contributed by atoms with van der Waals surface area (Å²) in [6.45, 7) is 2.14. The highest BCUT2D eigenvalue weighted by Crippen LogP contribution is 2.29. The summed E-state index contributed by atoms with van der Waals surface area (Å²) in [4.78, 5) is 39.0. The third-order valence-corrected chi connectivity index (χ3v) is 5.86. The number of hydrogen-bond donors (Lipinski definition) is 2. The Balaban J connectivity index is 1.40. The summed E-state index contributed by atoms with van der Waals surface area (Å²) in [5, 5.41) is 5.31. The van der Waals surface area contributed by atoms with Crippen LogP contribution in [0.15, 0.2) is 48.5 Å². The zero-order chi connectivity index (χ0) is 23.4. The van der Waals surface area contributed by atoms with Crippen LogP contribution in [0.5, 0.6) is 5.75 Å². The monoisotopic (exact) mass is 455 g/mol. The van der Waals surface area contributed by atoms with E-state index >= 15 is 0 Å². The zero-order valence-corrected chi connectivity index (χ0v) is 18.3. The van der Waals surface area contributed by atoms with Crippen LogP contribution in [0.4, 0.5) is 14.9 Å². The van der Waals surface area contributed by atoms with E-state index in [0.29, 0.717) is 23.6 Å². The first-order valence-electron chi connectivity index (χ1n) is 10.9. The van der Waals surface area contributed by atoms with Crippen LogP contribution in [0.3, 0.4) is 0 Å². The number of nitrogens with zero attached hydrogens (tertiary/aromatic N) is 1. The van der Waals surface area contributed by atoms with Crippen LogP contribution in [0.2, 0.25) is 0 Å². The first-order valence-corrected chi connectivity index (χ1v) is 10.9. The third kappa shape index (κ3) is 4.98. The molecule has 2 N–H and O–H groups in total. The molecule has 2 atom stereocenters. The van der Waals surface area contributed by atoms with Crippen molar-refractivity contribution >= 4 is 23.5 Å². The van der Waals surface area contributed by atoms with Gasteiger partial charge in [0.05, 0.1) is 11.8 Å². The summed E-state index contributed by atoms with van der Waals surface area (Å²) in [7, 11) is 0. The Morgan fingerprint density at radius 3 is 2.70 bits per heavy atom. The zero-order valence-electron chi connectivity index (χ0n) is 18.3. The van der Waals surface area contributed by atoms with Crippen molar-refractivity contribution < 1.29 is 28.2 Å². The van der Waals surface area contributed by atoms with Gasteiger partial charge in [0.1, 0.15) is 30.3 Å². The maximum absolute atomic E-state index is 13.3. The van der Waals surface area contributed by atoms with Crippen molar-refractivity contribution in [1.29, 1.82) is 0 Å². The molecule has 2 aliphatic heterocycles. The highest BCUT2D eigenvalue weighted by molar-refractivity contribution is 6.10. The number of nitrogens with one attached hydrogen (secondary N) is 2. The molecule has 0 radical (unpaired) electrons. The van der Waals surface area contributed by atoms with Crippen LogP contribution in [0.25, 0.3) is 0 Å². The highest BCUT2D eigenvalue weighted by atomic mass is 19.1. The molecule has 2 heterocycles. The van der Waals surface area contributed by atoms with Crippen molar-refractivity contribution in [3.05, 3.63) is 59.9 Å². The van der Waals surface area contributed by atoms with Crippen LogP contribution in [-0.2, 0) is 19.9 Å². The molecule has 0 bridgehead atoms. The molecule has 2 aromatic rings. The van der Waals surface area contributed by atoms with Gasteiger partial charge >= 0.3 is 6.03 Å². The van der Waals surface area contributed by atoms with Crippen molar-refractivity contribution in [2.45, 2.75) is 37.8 Å². The summed E-state index contributed by atoms with van der Waals surface area (Å²) in [6.07, 6.45) is 3.08. The number of imide groups is 1. The van der Waals surface area contributed by atoms with Crippen molar-refractivity contribution in [2.75, 3.05) is 25.1 Å². The summed E-state index contributed by atoms with van der Waals surface area (Å²) >= 11 is 0. The first-order chi connectivity index (χ1) is 15.9. The molecule has 0 aromatic heterocycles. The fraction of sp³-hybridized carbons (Fsp3) is 0.375. The minimum atomic E-state index is -1.38. The number of halogens is 1. The summed E-state index contributed by atoms with van der Waals surface area (Å²) < 4.78 is 24.8. The van der Waals surface area contributed by atoms with E-state index in [1.165, 1.54) is 31.2 Å². The normalized spacial score (nSPS) is 22.7. The number of ether oxygens (including phenoxy) is 2. The second kappa shape index (κ2) is 9.58. The standard InChI is InChI=1S/C24H26FN3O5/c1-24(16-9-11-17(25)12-10-16)22(30)28(23(31)27-24)14-21(29)26-19-7-2-3-8-20(19)33-15-18-6-4-5-13-32-18/h2-3,7-12,18H,4-6,13-15H2,1H3,(H,26,29)(H,27,31). The second-order valence-electron chi connectivity index (χ2n) is 8.30. The lowest BCUT2D eigenvalue weighted by Gasteiger charge is -2.23. The maximum atomic E-state index is 13.3. The van der Waals surface area contributed by atoms with E-state index in [-0.39, 0.29) is 6.10 Å². The highest BCUT2D eigenvalue weighted by Gasteiger charge is 2.49. The number of anilines is 1. The van der Waals surface area contributed by atoms with Crippen LogP contribution in [-0.4, -0.2) is 48.6 Å². The van der Waals surface area contributed by atoms with Gasteiger partial charge in [0, 0.05) is 6.61 Å². The van der Waals surface area contributed by atoms with Crippen molar-refractivity contribution in [3.63, 3.8) is 0 Å². The lowest BCUT2D eigenvalue weighted by atomic mass is 9.92. The lowest BCUT2D eigenvalue weighted by Crippen LogP contribution is -2.42. The van der Waals surface area contributed by atoms with E-state index in [2.05, 4.69) is 10.6 Å². The SMILES string of the molecule is CC1(c2ccc(F)cc2)NC(=O)N(CC(=O)Nc2ccccc2OCC2CCCCO2)C1=O. The van der Waals surface area contributed by atoms with Gasteiger partial charge in [0.2, 0.25) is 5.91 Å². The Hall–Kier alpha value is -3.46. The topological polar surface area (TPSA) is 97.0 Å². The van der Waals surface area contributed by atoms with Crippen LogP contribution in [0.1, 0.15) is 31.7 Å². The Labute approximate surface area is 191 Å². The number of carbonyl (C=O) groups is 3. The molecule has 0 saturated carbocycles. The smallest absolute Gasteiger partial charge is 0.325 e. The number of benzene rings is 2. The number of urea groups is 1. The number of carbonyl (C=O) groups excluding carboxylic acids is 3. The molecule has 0 aliphatic carbocycles. The quantitative estimate of drug-likeness (QED) is 0.625. The molecule has 174 valence electrons. The fourth-order valence-electron chi connectivity index (χ4n) is 3.97. The molecule has 2 fully saturated rings.